The van der Waals surface area contributed by atoms with Crippen LogP contribution in [0, 0.1) is 0 Å². The van der Waals surface area contributed by atoms with Crippen molar-refractivity contribution >= 4 is 66.8 Å². The van der Waals surface area contributed by atoms with Gasteiger partial charge in [-0.3, -0.25) is 9.69 Å². The Hall–Kier alpha value is -1.77. The van der Waals surface area contributed by atoms with E-state index in [0.717, 1.165) is 28.2 Å². The molecule has 3 aromatic rings. The Balaban J connectivity index is 0.00000560. The maximum atomic E-state index is 13.8. The molecule has 0 radical (unpaired) electrons. The van der Waals surface area contributed by atoms with Gasteiger partial charge in [0, 0.05) is 50.9 Å². The van der Waals surface area contributed by atoms with E-state index >= 15 is 0 Å². The molecule has 9 nitrogen and oxygen atoms in total. The van der Waals surface area contributed by atoms with E-state index in [1.54, 1.807) is 28.8 Å². The van der Waals surface area contributed by atoms with Crippen LogP contribution < -0.4 is 4.90 Å². The van der Waals surface area contributed by atoms with Gasteiger partial charge in [0.2, 0.25) is 10.0 Å². The van der Waals surface area contributed by atoms with E-state index < -0.39 is 10.0 Å². The molecule has 0 bridgehead atoms. The van der Waals surface area contributed by atoms with Crippen LogP contribution in [0.1, 0.15) is 24.2 Å². The smallest absolute Gasteiger partial charge is 0.260 e. The second kappa shape index (κ2) is 16.6. The molecule has 0 unspecified atom stereocenters. The number of thioether (sulfide) groups is 1. The monoisotopic (exact) mass is 630 g/mol. The molecule has 0 aliphatic heterocycles. The summed E-state index contributed by atoms with van der Waals surface area (Å²) in [6.45, 7) is 8.06. The molecular weight excluding hydrogens is 592 g/mol. The Morgan fingerprint density at radius 1 is 0.950 bits per heavy atom. The van der Waals surface area contributed by atoms with E-state index in [2.05, 4.69) is 24.8 Å². The van der Waals surface area contributed by atoms with Crippen LogP contribution in [0.25, 0.3) is 10.2 Å². The predicted molar refractivity (Wildman–Crippen MR) is 167 cm³/mol. The quantitative estimate of drug-likeness (QED) is 0.210. The highest BCUT2D eigenvalue weighted by Gasteiger charge is 2.26. The number of aromatic nitrogens is 1. The summed E-state index contributed by atoms with van der Waals surface area (Å²) in [6.07, 6.45) is 2.03. The predicted octanol–water partition coefficient (Wildman–Crippen LogP) is 4.71. The van der Waals surface area contributed by atoms with Crippen LogP contribution >= 0.6 is 35.5 Å². The van der Waals surface area contributed by atoms with Gasteiger partial charge in [-0.15, -0.1) is 24.2 Å². The minimum absolute atomic E-state index is 0. The normalized spacial score (nSPS) is 11.8. The van der Waals surface area contributed by atoms with Crippen LogP contribution in [-0.4, -0.2) is 101 Å². The number of carbonyl (C=O) groups excluding carboxylic acids is 1. The number of anilines is 1. The van der Waals surface area contributed by atoms with Crippen molar-refractivity contribution in [3.8, 4) is 0 Å². The van der Waals surface area contributed by atoms with Crippen LogP contribution in [0.2, 0.25) is 0 Å². The lowest BCUT2D eigenvalue weighted by molar-refractivity contribution is 0.0983. The van der Waals surface area contributed by atoms with Crippen molar-refractivity contribution in [1.29, 1.82) is 0 Å². The third-order valence-electron chi connectivity index (χ3n) is 6.42. The number of ether oxygens (including phenoxy) is 2. The number of sulfonamides is 1. The number of hydrogen-bond donors (Lipinski definition) is 0. The number of halogens is 1. The average Bonchev–Trinajstić information content (AvgIpc) is 3.38. The van der Waals surface area contributed by atoms with E-state index in [0.29, 0.717) is 23.8 Å². The number of carbonyl (C=O) groups is 1. The zero-order chi connectivity index (χ0) is 28.4. The van der Waals surface area contributed by atoms with Crippen molar-refractivity contribution in [2.24, 2.45) is 0 Å². The van der Waals surface area contributed by atoms with Crippen LogP contribution in [0.4, 0.5) is 5.13 Å². The number of fused-ring (bicyclic) bond motifs is 1. The molecule has 3 rings (SSSR count). The third kappa shape index (κ3) is 8.62. The molecule has 40 heavy (non-hydrogen) atoms. The summed E-state index contributed by atoms with van der Waals surface area (Å²) >= 11 is 3.15. The maximum absolute atomic E-state index is 13.8. The molecule has 0 spiro atoms. The fraction of sp³-hybridized carbons (Fsp3) is 0.481. The zero-order valence-corrected chi connectivity index (χ0v) is 26.9. The number of benzene rings is 2. The fourth-order valence-corrected chi connectivity index (χ4v) is 6.96. The highest BCUT2D eigenvalue weighted by atomic mass is 35.5. The molecule has 0 aliphatic carbocycles. The lowest BCUT2D eigenvalue weighted by atomic mass is 10.2. The zero-order valence-electron chi connectivity index (χ0n) is 23.7. The van der Waals surface area contributed by atoms with Gasteiger partial charge in [-0.2, -0.15) is 4.31 Å². The molecule has 1 aromatic heterocycles. The second-order valence-electron chi connectivity index (χ2n) is 8.73. The first kappa shape index (κ1) is 34.4. The Bertz CT molecular complexity index is 1310. The summed E-state index contributed by atoms with van der Waals surface area (Å²) in [6, 6.07) is 12.2. The molecule has 1 amide bonds. The lowest BCUT2D eigenvalue weighted by Crippen LogP contribution is -2.39. The number of amides is 1. The average molecular weight is 631 g/mol. The van der Waals surface area contributed by atoms with E-state index in [1.807, 2.05) is 18.4 Å². The van der Waals surface area contributed by atoms with E-state index in [-0.39, 0.29) is 49.5 Å². The topological polar surface area (TPSA) is 92.3 Å². The standard InChI is InChI=1S/C27H38N4O5S3.ClH/c1-6-29(7-2)14-15-31(27-28-24-13-10-22(37-5)20-25(24)38-27)26(32)21-8-11-23(12-9-21)39(33,34)30(16-18-35-3)17-19-36-4;/h8-13,20H,6-7,14-19H2,1-5H3;1H. The molecule has 1 heterocycles. The largest absolute Gasteiger partial charge is 0.383 e. The molecule has 2 aromatic carbocycles. The van der Waals surface area contributed by atoms with Crippen molar-refractivity contribution in [1.82, 2.24) is 14.2 Å². The third-order valence-corrected chi connectivity index (χ3v) is 10.1. The lowest BCUT2D eigenvalue weighted by Gasteiger charge is -2.25. The number of thiazole rings is 1. The van der Waals surface area contributed by atoms with E-state index in [9.17, 15) is 13.2 Å². The highest BCUT2D eigenvalue weighted by Crippen LogP contribution is 2.32. The minimum atomic E-state index is -3.78. The molecule has 0 saturated carbocycles. The summed E-state index contributed by atoms with van der Waals surface area (Å²) < 4.78 is 39.1. The summed E-state index contributed by atoms with van der Waals surface area (Å²) in [4.78, 5) is 23.8. The molecule has 0 saturated heterocycles. The first-order valence-corrected chi connectivity index (χ1v) is 16.3. The van der Waals surface area contributed by atoms with Crippen LogP contribution in [0.3, 0.4) is 0 Å². The second-order valence-corrected chi connectivity index (χ2v) is 12.6. The SMILES string of the molecule is CCN(CC)CCN(C(=O)c1ccc(S(=O)(=O)N(CCOC)CCOC)cc1)c1nc2ccc(SC)cc2s1.Cl. The van der Waals surface area contributed by atoms with E-state index in [4.69, 9.17) is 14.5 Å². The minimum Gasteiger partial charge on any atom is -0.383 e. The van der Waals surface area contributed by atoms with Gasteiger partial charge < -0.3 is 14.4 Å². The van der Waals surface area contributed by atoms with Gasteiger partial charge in [0.05, 0.1) is 28.3 Å². The number of hydrogen-bond acceptors (Lipinski definition) is 9. The van der Waals surface area contributed by atoms with Crippen LogP contribution in [0.15, 0.2) is 52.3 Å². The summed E-state index contributed by atoms with van der Waals surface area (Å²) in [7, 11) is -0.726. The van der Waals surface area contributed by atoms with Crippen LogP contribution in [-0.2, 0) is 19.5 Å². The van der Waals surface area contributed by atoms with Gasteiger partial charge in [-0.05, 0) is 61.8 Å². The number of nitrogens with zero attached hydrogens (tertiary/aromatic N) is 4. The number of methoxy groups -OCH3 is 2. The molecule has 0 aliphatic rings. The van der Waals surface area contributed by atoms with Crippen molar-refractivity contribution in [3.05, 3.63) is 48.0 Å². The van der Waals surface area contributed by atoms with E-state index in [1.165, 1.54) is 42.0 Å². The van der Waals surface area contributed by atoms with Crippen molar-refractivity contribution in [3.63, 3.8) is 0 Å². The molecule has 222 valence electrons. The molecule has 0 atom stereocenters. The number of rotatable bonds is 16. The molecule has 0 fully saturated rings. The van der Waals surface area contributed by atoms with Gasteiger partial charge in [0.1, 0.15) is 0 Å². The molecule has 13 heteroatoms. The first-order chi connectivity index (χ1) is 18.8. The van der Waals surface area contributed by atoms with Gasteiger partial charge in [0.15, 0.2) is 5.13 Å². The number of likely N-dealkylation sites (N-methyl/N-ethyl adjacent to an activating group) is 1. The van der Waals surface area contributed by atoms with Crippen molar-refractivity contribution in [2.75, 3.05) is 77.9 Å². The Morgan fingerprint density at radius 2 is 1.57 bits per heavy atom. The van der Waals surface area contributed by atoms with Crippen LogP contribution in [0.5, 0.6) is 0 Å². The molecular formula is C27H39ClN4O5S3. The summed E-state index contributed by atoms with van der Waals surface area (Å²) in [5.41, 5.74) is 1.25. The Morgan fingerprint density at radius 3 is 2.12 bits per heavy atom. The van der Waals surface area contributed by atoms with Gasteiger partial charge in [-0.25, -0.2) is 13.4 Å². The fourth-order valence-electron chi connectivity index (χ4n) is 4.01. The first-order valence-electron chi connectivity index (χ1n) is 12.9. The maximum Gasteiger partial charge on any atom is 0.260 e. The Kier molecular flexibility index (Phi) is 14.3. The highest BCUT2D eigenvalue weighted by molar-refractivity contribution is 7.98. The summed E-state index contributed by atoms with van der Waals surface area (Å²) in [5.74, 6) is -0.217. The van der Waals surface area contributed by atoms with Crippen molar-refractivity contribution < 1.29 is 22.7 Å². The van der Waals surface area contributed by atoms with Crippen molar-refractivity contribution in [2.45, 2.75) is 23.6 Å². The van der Waals surface area contributed by atoms with Gasteiger partial charge in [-0.1, -0.05) is 25.2 Å². The van der Waals surface area contributed by atoms with Gasteiger partial charge >= 0.3 is 0 Å². The van der Waals surface area contributed by atoms with Gasteiger partial charge in [0.25, 0.3) is 5.91 Å². The summed E-state index contributed by atoms with van der Waals surface area (Å²) in [5, 5.41) is 0.627. The molecule has 0 N–H and O–H groups in total. The Labute approximate surface area is 252 Å².